The summed E-state index contributed by atoms with van der Waals surface area (Å²) in [5.74, 6) is -0.212. The largest absolute Gasteiger partial charge is 0.473 e. The van der Waals surface area contributed by atoms with Gasteiger partial charge in [-0.25, -0.2) is 4.99 Å². The molecule has 2 aromatic carbocycles. The number of hydrogen-bond acceptors (Lipinski definition) is 4. The number of carbonyl (C=O) groups is 1. The first-order chi connectivity index (χ1) is 14.2. The van der Waals surface area contributed by atoms with E-state index in [0.717, 1.165) is 12.1 Å². The smallest absolute Gasteiger partial charge is 0.416 e. The number of amides is 1. The van der Waals surface area contributed by atoms with Gasteiger partial charge in [-0.2, -0.15) is 13.2 Å². The minimum absolute atomic E-state index is 0.00850. The molecule has 2 aliphatic rings. The highest BCUT2D eigenvalue weighted by atomic mass is 35.5. The quantitative estimate of drug-likeness (QED) is 0.612. The highest BCUT2D eigenvalue weighted by molar-refractivity contribution is 6.39. The minimum Gasteiger partial charge on any atom is -0.473 e. The second-order valence-electron chi connectivity index (χ2n) is 6.50. The zero-order valence-corrected chi connectivity index (χ0v) is 16.6. The third-order valence-corrected chi connectivity index (χ3v) is 5.17. The van der Waals surface area contributed by atoms with Crippen LogP contribution in [0.15, 0.2) is 53.2 Å². The molecule has 0 aliphatic carbocycles. The first-order valence-electron chi connectivity index (χ1n) is 8.72. The predicted octanol–water partition coefficient (Wildman–Crippen LogP) is 4.97. The van der Waals surface area contributed by atoms with E-state index < -0.39 is 23.8 Å². The van der Waals surface area contributed by atoms with Gasteiger partial charge in [0.25, 0.3) is 5.91 Å². The van der Waals surface area contributed by atoms with E-state index in [4.69, 9.17) is 32.7 Å². The molecule has 5 nitrogen and oxygen atoms in total. The summed E-state index contributed by atoms with van der Waals surface area (Å²) < 4.78 is 49.0. The van der Waals surface area contributed by atoms with Gasteiger partial charge < -0.3 is 9.47 Å². The molecule has 30 heavy (non-hydrogen) atoms. The molecule has 0 radical (unpaired) electrons. The predicted molar refractivity (Wildman–Crippen MR) is 105 cm³/mol. The lowest BCUT2D eigenvalue weighted by atomic mass is 10.1. The third-order valence-electron chi connectivity index (χ3n) is 4.54. The van der Waals surface area contributed by atoms with Crippen molar-refractivity contribution in [2.24, 2.45) is 4.99 Å². The Morgan fingerprint density at radius 1 is 1.07 bits per heavy atom. The second kappa shape index (κ2) is 7.85. The third kappa shape index (κ3) is 3.97. The maximum atomic E-state index is 12.7. The minimum atomic E-state index is -4.43. The Bertz CT molecular complexity index is 1030. The van der Waals surface area contributed by atoms with Gasteiger partial charge in [-0.1, -0.05) is 41.4 Å². The number of hydrogen-bond donors (Lipinski definition) is 0. The van der Waals surface area contributed by atoms with Gasteiger partial charge in [-0.15, -0.1) is 0 Å². The van der Waals surface area contributed by atoms with Crippen LogP contribution in [0.25, 0.3) is 6.08 Å². The van der Waals surface area contributed by atoms with Gasteiger partial charge in [0.2, 0.25) is 5.90 Å². The van der Waals surface area contributed by atoms with Gasteiger partial charge in [-0.3, -0.25) is 9.69 Å². The lowest BCUT2D eigenvalue weighted by molar-refractivity contribution is -0.137. The molecule has 1 unspecified atom stereocenters. The zero-order chi connectivity index (χ0) is 21.5. The number of benzene rings is 2. The first kappa shape index (κ1) is 20.6. The van der Waals surface area contributed by atoms with Gasteiger partial charge in [0.15, 0.2) is 18.7 Å². The van der Waals surface area contributed by atoms with E-state index in [-0.39, 0.29) is 25.0 Å². The van der Waals surface area contributed by atoms with Crippen LogP contribution in [0.3, 0.4) is 0 Å². The number of rotatable bonds is 3. The lowest BCUT2D eigenvalue weighted by Gasteiger charge is -2.15. The molecule has 2 aromatic rings. The Morgan fingerprint density at radius 3 is 2.37 bits per heavy atom. The van der Waals surface area contributed by atoms with Crippen molar-refractivity contribution in [2.45, 2.75) is 12.3 Å². The molecular weight excluding hydrogens is 444 g/mol. The number of nitrogens with zero attached hydrogens (tertiary/aromatic N) is 2. The summed E-state index contributed by atoms with van der Waals surface area (Å²) in [4.78, 5) is 18.4. The van der Waals surface area contributed by atoms with Crippen LogP contribution in [-0.2, 0) is 20.4 Å². The van der Waals surface area contributed by atoms with Crippen molar-refractivity contribution in [2.75, 3.05) is 13.3 Å². The molecule has 156 valence electrons. The monoisotopic (exact) mass is 456 g/mol. The Morgan fingerprint density at radius 2 is 1.73 bits per heavy atom. The zero-order valence-electron chi connectivity index (χ0n) is 15.1. The number of halogens is 5. The van der Waals surface area contributed by atoms with Gasteiger partial charge in [-0.05, 0) is 35.9 Å². The molecule has 10 heteroatoms. The van der Waals surface area contributed by atoms with E-state index in [1.54, 1.807) is 18.2 Å². The van der Waals surface area contributed by atoms with E-state index in [1.165, 1.54) is 23.1 Å². The molecular formula is C20H13Cl2F3N2O3. The van der Waals surface area contributed by atoms with Crippen LogP contribution >= 0.6 is 23.2 Å². The van der Waals surface area contributed by atoms with Crippen molar-refractivity contribution >= 4 is 41.1 Å². The summed E-state index contributed by atoms with van der Waals surface area (Å²) in [6, 6.07) is 9.41. The fourth-order valence-corrected chi connectivity index (χ4v) is 3.57. The van der Waals surface area contributed by atoms with Crippen LogP contribution in [0, 0.1) is 0 Å². The number of ether oxygens (including phenoxy) is 2. The van der Waals surface area contributed by atoms with E-state index >= 15 is 0 Å². The van der Waals surface area contributed by atoms with Crippen LogP contribution in [0.2, 0.25) is 10.0 Å². The maximum absolute atomic E-state index is 12.7. The molecule has 0 saturated carbocycles. The van der Waals surface area contributed by atoms with Crippen molar-refractivity contribution in [3.05, 3.63) is 75.0 Å². The fourth-order valence-electron chi connectivity index (χ4n) is 3.01. The van der Waals surface area contributed by atoms with Crippen molar-refractivity contribution in [3.63, 3.8) is 0 Å². The maximum Gasteiger partial charge on any atom is 0.416 e. The summed E-state index contributed by atoms with van der Waals surface area (Å²) >= 11 is 12.3. The Balaban J connectivity index is 1.51. The molecule has 1 fully saturated rings. The van der Waals surface area contributed by atoms with Crippen molar-refractivity contribution in [1.82, 2.24) is 4.90 Å². The highest BCUT2D eigenvalue weighted by Gasteiger charge is 2.37. The van der Waals surface area contributed by atoms with E-state index in [1.807, 2.05) is 0 Å². The van der Waals surface area contributed by atoms with Gasteiger partial charge in [0.1, 0.15) is 6.61 Å². The van der Waals surface area contributed by atoms with E-state index in [9.17, 15) is 18.0 Å². The summed E-state index contributed by atoms with van der Waals surface area (Å²) in [5, 5.41) is 0.738. The van der Waals surface area contributed by atoms with Crippen molar-refractivity contribution < 1.29 is 27.4 Å². The van der Waals surface area contributed by atoms with Crippen molar-refractivity contribution in [1.29, 1.82) is 0 Å². The molecule has 2 aliphatic heterocycles. The summed E-state index contributed by atoms with van der Waals surface area (Å²) in [6.07, 6.45) is -3.68. The second-order valence-corrected chi connectivity index (χ2v) is 7.31. The topological polar surface area (TPSA) is 51.1 Å². The van der Waals surface area contributed by atoms with Crippen LogP contribution in [0.4, 0.5) is 13.2 Å². The summed E-state index contributed by atoms with van der Waals surface area (Å²) in [5.41, 5.74) is 0.0764. The van der Waals surface area contributed by atoms with Gasteiger partial charge in [0.05, 0.1) is 21.2 Å². The molecule has 0 bridgehead atoms. The first-order valence-corrected chi connectivity index (χ1v) is 9.47. The number of carbonyl (C=O) groups excluding carboxylic acids is 1. The highest BCUT2D eigenvalue weighted by Crippen LogP contribution is 2.31. The molecule has 1 saturated heterocycles. The molecule has 0 aromatic heterocycles. The van der Waals surface area contributed by atoms with Crippen molar-refractivity contribution in [3.8, 4) is 0 Å². The van der Waals surface area contributed by atoms with E-state index in [2.05, 4.69) is 4.99 Å². The molecule has 1 amide bonds. The summed E-state index contributed by atoms with van der Waals surface area (Å²) in [6.45, 7) is 0.0336. The Labute approximate surface area is 179 Å². The average molecular weight is 457 g/mol. The SMILES string of the molecule is O=C1/C(=C/c2ccc(C(F)(F)F)cc2)OCN1C1COC(c2c(Cl)cccc2Cl)=N1. The number of aliphatic imine (C=N–C) groups is 1. The molecule has 0 N–H and O–H groups in total. The normalized spacial score (nSPS) is 20.4. The Kier molecular flexibility index (Phi) is 5.38. The van der Waals surface area contributed by atoms with Gasteiger partial charge in [0, 0.05) is 0 Å². The molecule has 4 rings (SSSR count). The average Bonchev–Trinajstić information content (AvgIpc) is 3.29. The van der Waals surface area contributed by atoms with E-state index in [0.29, 0.717) is 21.2 Å². The lowest BCUT2D eigenvalue weighted by Crippen LogP contribution is -2.36. The van der Waals surface area contributed by atoms with Crippen LogP contribution in [-0.4, -0.2) is 36.2 Å². The van der Waals surface area contributed by atoms with Gasteiger partial charge >= 0.3 is 6.18 Å². The molecule has 2 heterocycles. The molecule has 1 atom stereocenters. The van der Waals surface area contributed by atoms with Crippen LogP contribution < -0.4 is 0 Å². The number of alkyl halides is 3. The fraction of sp³-hybridized carbons (Fsp3) is 0.200. The van der Waals surface area contributed by atoms with Crippen LogP contribution in [0.5, 0.6) is 0 Å². The summed E-state index contributed by atoms with van der Waals surface area (Å²) in [7, 11) is 0. The molecule has 0 spiro atoms. The Hall–Kier alpha value is -2.71. The standard InChI is InChI=1S/C20H13Cl2F3N2O3/c21-13-2-1-3-14(22)17(13)18-26-16(9-29-18)27-10-30-15(19(27)28)8-11-4-6-12(7-5-11)20(23,24)25/h1-8,16H,9-10H2/b15-8-. The van der Waals surface area contributed by atoms with Crippen LogP contribution in [0.1, 0.15) is 16.7 Å².